The lowest BCUT2D eigenvalue weighted by Crippen LogP contribution is -2.36. The molecular formula is C19H26N4O. The Morgan fingerprint density at radius 3 is 2.33 bits per heavy atom. The summed E-state index contributed by atoms with van der Waals surface area (Å²) < 4.78 is 5.55. The third-order valence-electron chi connectivity index (χ3n) is 3.75. The molecule has 1 heterocycles. The maximum atomic E-state index is 5.55. The van der Waals surface area contributed by atoms with Crippen LogP contribution in [-0.2, 0) is 19.5 Å². The molecule has 0 aliphatic heterocycles. The number of rotatable bonds is 7. The zero-order valence-corrected chi connectivity index (χ0v) is 14.7. The number of nitrogens with one attached hydrogen (secondary N) is 2. The Bertz CT molecular complexity index is 670. The number of aliphatic imine (C=N–C) groups is 1. The Labute approximate surface area is 144 Å². The van der Waals surface area contributed by atoms with Gasteiger partial charge in [0.05, 0.1) is 6.61 Å². The molecule has 0 saturated heterocycles. The number of hydrogen-bond acceptors (Lipinski definition) is 3. The van der Waals surface area contributed by atoms with Gasteiger partial charge in [-0.3, -0.25) is 4.99 Å². The predicted molar refractivity (Wildman–Crippen MR) is 98.3 cm³/mol. The third kappa shape index (κ3) is 4.98. The summed E-state index contributed by atoms with van der Waals surface area (Å²) in [7, 11) is 1.77. The summed E-state index contributed by atoms with van der Waals surface area (Å²) in [5.74, 6) is 1.42. The Hall–Kier alpha value is -2.56. The number of nitrogens with zero attached hydrogens (tertiary/aromatic N) is 2. The number of hydrogen-bond donors (Lipinski definition) is 2. The first kappa shape index (κ1) is 17.8. The second kappa shape index (κ2) is 9.55. The van der Waals surface area contributed by atoms with Crippen molar-refractivity contribution in [2.24, 2.45) is 4.99 Å². The van der Waals surface area contributed by atoms with Crippen molar-refractivity contribution in [1.82, 2.24) is 15.6 Å². The van der Waals surface area contributed by atoms with Crippen LogP contribution in [0.1, 0.15) is 30.5 Å². The second-order valence-corrected chi connectivity index (χ2v) is 5.30. The van der Waals surface area contributed by atoms with Crippen molar-refractivity contribution in [2.45, 2.75) is 33.4 Å². The topological polar surface area (TPSA) is 58.5 Å². The maximum Gasteiger partial charge on any atom is 0.218 e. The van der Waals surface area contributed by atoms with E-state index in [1.807, 2.05) is 19.1 Å². The van der Waals surface area contributed by atoms with Crippen LogP contribution in [-0.4, -0.2) is 24.6 Å². The zero-order chi connectivity index (χ0) is 17.2. The van der Waals surface area contributed by atoms with E-state index in [1.165, 1.54) is 11.1 Å². The Morgan fingerprint density at radius 1 is 1.00 bits per heavy atom. The first-order valence-corrected chi connectivity index (χ1v) is 8.36. The van der Waals surface area contributed by atoms with Crippen LogP contribution in [0.3, 0.4) is 0 Å². The van der Waals surface area contributed by atoms with Crippen molar-refractivity contribution in [3.05, 3.63) is 59.3 Å². The fourth-order valence-electron chi connectivity index (χ4n) is 2.48. The molecule has 1 aromatic carbocycles. The molecule has 2 aromatic rings. The molecule has 1 aromatic heterocycles. The summed E-state index contributed by atoms with van der Waals surface area (Å²) in [5, 5.41) is 6.67. The molecule has 5 nitrogen and oxygen atoms in total. The second-order valence-electron chi connectivity index (χ2n) is 5.30. The van der Waals surface area contributed by atoms with Crippen molar-refractivity contribution in [2.75, 3.05) is 13.7 Å². The third-order valence-corrected chi connectivity index (χ3v) is 3.75. The Kier molecular flexibility index (Phi) is 7.08. The van der Waals surface area contributed by atoms with E-state index < -0.39 is 0 Å². The predicted octanol–water partition coefficient (Wildman–Crippen LogP) is 2.91. The van der Waals surface area contributed by atoms with Crippen LogP contribution in [0, 0.1) is 0 Å². The molecule has 0 aliphatic carbocycles. The van der Waals surface area contributed by atoms with E-state index in [0.717, 1.165) is 24.5 Å². The van der Waals surface area contributed by atoms with Gasteiger partial charge < -0.3 is 15.4 Å². The summed E-state index contributed by atoms with van der Waals surface area (Å²) in [5.41, 5.74) is 3.65. The quantitative estimate of drug-likeness (QED) is 0.607. The first-order chi connectivity index (χ1) is 11.8. The van der Waals surface area contributed by atoms with Crippen LogP contribution in [0.25, 0.3) is 0 Å². The molecule has 24 heavy (non-hydrogen) atoms. The van der Waals surface area contributed by atoms with Gasteiger partial charge in [-0.1, -0.05) is 37.3 Å². The van der Waals surface area contributed by atoms with E-state index in [4.69, 9.17) is 4.74 Å². The van der Waals surface area contributed by atoms with Crippen molar-refractivity contribution < 1.29 is 4.74 Å². The normalized spacial score (nSPS) is 11.2. The van der Waals surface area contributed by atoms with Crippen molar-refractivity contribution in [3.63, 3.8) is 0 Å². The zero-order valence-electron chi connectivity index (χ0n) is 14.7. The Balaban J connectivity index is 1.94. The molecule has 128 valence electrons. The minimum absolute atomic E-state index is 0.602. The highest BCUT2D eigenvalue weighted by Crippen LogP contribution is 2.13. The fourth-order valence-corrected chi connectivity index (χ4v) is 2.48. The molecule has 2 N–H and O–H groups in total. The van der Waals surface area contributed by atoms with Gasteiger partial charge >= 0.3 is 0 Å². The van der Waals surface area contributed by atoms with Gasteiger partial charge in [-0.2, -0.15) is 0 Å². The SMILES string of the molecule is CCOc1ncccc1CNC(=NC)NCc1ccccc1CC. The molecule has 0 amide bonds. The number of aromatic nitrogens is 1. The average molecular weight is 326 g/mol. The van der Waals surface area contributed by atoms with Gasteiger partial charge in [-0.05, 0) is 30.5 Å². The summed E-state index contributed by atoms with van der Waals surface area (Å²) in [4.78, 5) is 8.55. The highest BCUT2D eigenvalue weighted by Gasteiger charge is 2.06. The number of pyridine rings is 1. The molecule has 0 atom stereocenters. The lowest BCUT2D eigenvalue weighted by atomic mass is 10.1. The standard InChI is InChI=1S/C19H26N4O/c1-4-15-9-6-7-10-16(15)13-22-19(20-3)23-14-17-11-8-12-21-18(17)24-5-2/h6-12H,4-5,13-14H2,1-3H3,(H2,20,22,23). The average Bonchev–Trinajstić information content (AvgIpc) is 2.63. The summed E-state index contributed by atoms with van der Waals surface area (Å²) in [6, 6.07) is 12.4. The van der Waals surface area contributed by atoms with Crippen molar-refractivity contribution in [1.29, 1.82) is 0 Å². The summed E-state index contributed by atoms with van der Waals surface area (Å²) in [6.07, 6.45) is 2.76. The monoisotopic (exact) mass is 326 g/mol. The van der Waals surface area contributed by atoms with Crippen LogP contribution in [0.15, 0.2) is 47.6 Å². The smallest absolute Gasteiger partial charge is 0.218 e. The molecule has 2 rings (SSSR count). The highest BCUT2D eigenvalue weighted by atomic mass is 16.5. The molecule has 0 spiro atoms. The fraction of sp³-hybridized carbons (Fsp3) is 0.368. The van der Waals surface area contributed by atoms with E-state index in [0.29, 0.717) is 19.0 Å². The van der Waals surface area contributed by atoms with Gasteiger partial charge in [0, 0.05) is 31.9 Å². The summed E-state index contributed by atoms with van der Waals surface area (Å²) >= 11 is 0. The van der Waals surface area contributed by atoms with Gasteiger partial charge in [0.25, 0.3) is 0 Å². The van der Waals surface area contributed by atoms with Crippen LogP contribution in [0.4, 0.5) is 0 Å². The molecule has 0 aliphatic rings. The maximum absolute atomic E-state index is 5.55. The van der Waals surface area contributed by atoms with Gasteiger partial charge in [-0.15, -0.1) is 0 Å². The lowest BCUT2D eigenvalue weighted by Gasteiger charge is -2.15. The van der Waals surface area contributed by atoms with Gasteiger partial charge in [0.1, 0.15) is 0 Å². The molecule has 5 heteroatoms. The molecule has 0 radical (unpaired) electrons. The van der Waals surface area contributed by atoms with Crippen LogP contribution >= 0.6 is 0 Å². The van der Waals surface area contributed by atoms with E-state index in [-0.39, 0.29) is 0 Å². The highest BCUT2D eigenvalue weighted by molar-refractivity contribution is 5.79. The van der Waals surface area contributed by atoms with Gasteiger partial charge in [0.2, 0.25) is 5.88 Å². The van der Waals surface area contributed by atoms with Crippen molar-refractivity contribution >= 4 is 5.96 Å². The number of ether oxygens (including phenoxy) is 1. The molecule has 0 saturated carbocycles. The first-order valence-electron chi connectivity index (χ1n) is 8.36. The molecular weight excluding hydrogens is 300 g/mol. The minimum Gasteiger partial charge on any atom is -0.478 e. The van der Waals surface area contributed by atoms with E-state index in [1.54, 1.807) is 13.2 Å². The van der Waals surface area contributed by atoms with E-state index in [9.17, 15) is 0 Å². The number of benzene rings is 1. The largest absolute Gasteiger partial charge is 0.478 e. The summed E-state index contributed by atoms with van der Waals surface area (Å²) in [6.45, 7) is 6.08. The minimum atomic E-state index is 0.602. The Morgan fingerprint density at radius 2 is 1.67 bits per heavy atom. The lowest BCUT2D eigenvalue weighted by molar-refractivity contribution is 0.322. The van der Waals surface area contributed by atoms with E-state index in [2.05, 4.69) is 51.8 Å². The molecule has 0 unspecified atom stereocenters. The van der Waals surface area contributed by atoms with Gasteiger partial charge in [-0.25, -0.2) is 4.98 Å². The molecule has 0 bridgehead atoms. The van der Waals surface area contributed by atoms with Crippen LogP contribution in [0.5, 0.6) is 5.88 Å². The van der Waals surface area contributed by atoms with Gasteiger partial charge in [0.15, 0.2) is 5.96 Å². The number of guanidine groups is 1. The molecule has 0 fully saturated rings. The van der Waals surface area contributed by atoms with Crippen LogP contribution < -0.4 is 15.4 Å². The van der Waals surface area contributed by atoms with Crippen molar-refractivity contribution in [3.8, 4) is 5.88 Å². The van der Waals surface area contributed by atoms with E-state index >= 15 is 0 Å². The number of aryl methyl sites for hydroxylation is 1. The van der Waals surface area contributed by atoms with Crippen LogP contribution in [0.2, 0.25) is 0 Å².